The zero-order valence-electron chi connectivity index (χ0n) is 15.8. The fourth-order valence-electron chi connectivity index (χ4n) is 2.99. The average molecular weight is 378 g/mol. The molecule has 6 nitrogen and oxygen atoms in total. The number of aryl methyl sites for hydroxylation is 1. The smallest absolute Gasteiger partial charge is 0.339 e. The van der Waals surface area contributed by atoms with Crippen molar-refractivity contribution >= 4 is 22.8 Å². The molecule has 0 fully saturated rings. The van der Waals surface area contributed by atoms with Crippen LogP contribution in [0, 0.1) is 0 Å². The fraction of sp³-hybridized carbons (Fsp3) is 0.227. The molecule has 3 aromatic rings. The highest BCUT2D eigenvalue weighted by atomic mass is 16.5. The Kier molecular flexibility index (Phi) is 5.89. The minimum Gasteiger partial charge on any atom is -0.452 e. The van der Waals surface area contributed by atoms with Gasteiger partial charge in [0.1, 0.15) is 0 Å². The Balaban J connectivity index is 1.63. The summed E-state index contributed by atoms with van der Waals surface area (Å²) < 4.78 is 5.12. The second kappa shape index (κ2) is 8.52. The Labute approximate surface area is 162 Å². The van der Waals surface area contributed by atoms with Gasteiger partial charge in [-0.3, -0.25) is 9.59 Å². The van der Waals surface area contributed by atoms with E-state index in [1.165, 1.54) is 11.6 Å². The van der Waals surface area contributed by atoms with Gasteiger partial charge in [0, 0.05) is 17.0 Å². The summed E-state index contributed by atoms with van der Waals surface area (Å²) in [5.41, 5.74) is 2.46. The number of nitrogens with one attached hydrogen (secondary N) is 2. The maximum Gasteiger partial charge on any atom is 0.339 e. The number of fused-ring (bicyclic) bond motifs is 1. The third-order valence-electron chi connectivity index (χ3n) is 4.57. The minimum absolute atomic E-state index is 0.135. The van der Waals surface area contributed by atoms with Crippen LogP contribution in [0.25, 0.3) is 10.9 Å². The summed E-state index contributed by atoms with van der Waals surface area (Å²) in [6, 6.07) is 15.9. The van der Waals surface area contributed by atoms with Crippen LogP contribution in [0.4, 0.5) is 0 Å². The van der Waals surface area contributed by atoms with Crippen LogP contribution < -0.4 is 10.9 Å². The third kappa shape index (κ3) is 4.46. The Morgan fingerprint density at radius 3 is 2.54 bits per heavy atom. The van der Waals surface area contributed by atoms with E-state index >= 15 is 0 Å². The molecule has 0 radical (unpaired) electrons. The lowest BCUT2D eigenvalue weighted by Crippen LogP contribution is -2.31. The first-order chi connectivity index (χ1) is 13.5. The van der Waals surface area contributed by atoms with Crippen molar-refractivity contribution < 1.29 is 14.3 Å². The number of amides is 1. The van der Waals surface area contributed by atoms with E-state index in [4.69, 9.17) is 4.74 Å². The second-order valence-corrected chi connectivity index (χ2v) is 6.55. The lowest BCUT2D eigenvalue weighted by atomic mass is 10.1. The normalized spacial score (nSPS) is 11.8. The van der Waals surface area contributed by atoms with E-state index in [2.05, 4.69) is 17.2 Å². The number of carbonyl (C=O) groups excluding carboxylic acids is 2. The summed E-state index contributed by atoms with van der Waals surface area (Å²) in [6.07, 6.45) is 0.952. The second-order valence-electron chi connectivity index (χ2n) is 6.55. The molecule has 28 heavy (non-hydrogen) atoms. The van der Waals surface area contributed by atoms with Gasteiger partial charge in [-0.25, -0.2) is 4.79 Å². The third-order valence-corrected chi connectivity index (χ3v) is 4.57. The van der Waals surface area contributed by atoms with Gasteiger partial charge in [0.2, 0.25) is 5.56 Å². The SMILES string of the molecule is CCc1ccc([C@H](C)NC(=O)COC(=O)c2cc(=O)[nH]c3ccccc23)cc1. The molecule has 0 aliphatic carbocycles. The highest BCUT2D eigenvalue weighted by Crippen LogP contribution is 2.16. The van der Waals surface area contributed by atoms with Crippen molar-refractivity contribution in [2.75, 3.05) is 6.61 Å². The highest BCUT2D eigenvalue weighted by Gasteiger charge is 2.16. The van der Waals surface area contributed by atoms with Crippen LogP contribution in [0.3, 0.4) is 0 Å². The van der Waals surface area contributed by atoms with Crippen LogP contribution >= 0.6 is 0 Å². The van der Waals surface area contributed by atoms with Gasteiger partial charge in [-0.1, -0.05) is 49.4 Å². The molecule has 0 saturated heterocycles. The Morgan fingerprint density at radius 1 is 1.11 bits per heavy atom. The van der Waals surface area contributed by atoms with Crippen LogP contribution in [0.15, 0.2) is 59.4 Å². The molecule has 1 heterocycles. The van der Waals surface area contributed by atoms with E-state index in [0.29, 0.717) is 10.9 Å². The van der Waals surface area contributed by atoms with Crippen molar-refractivity contribution in [3.8, 4) is 0 Å². The molecule has 0 unspecified atom stereocenters. The zero-order valence-corrected chi connectivity index (χ0v) is 15.8. The number of hydrogen-bond donors (Lipinski definition) is 2. The monoisotopic (exact) mass is 378 g/mol. The lowest BCUT2D eigenvalue weighted by Gasteiger charge is -2.15. The van der Waals surface area contributed by atoms with E-state index in [1.807, 2.05) is 31.2 Å². The predicted octanol–water partition coefficient (Wildman–Crippen LogP) is 3.12. The number of carbonyl (C=O) groups is 2. The maximum atomic E-state index is 12.4. The molecule has 1 atom stereocenters. The molecule has 0 aliphatic rings. The summed E-state index contributed by atoms with van der Waals surface area (Å²) in [5.74, 6) is -1.12. The summed E-state index contributed by atoms with van der Waals surface area (Å²) in [5, 5.41) is 3.37. The summed E-state index contributed by atoms with van der Waals surface area (Å²) in [6.45, 7) is 3.53. The number of rotatable bonds is 6. The van der Waals surface area contributed by atoms with Gasteiger partial charge in [-0.05, 0) is 30.5 Å². The van der Waals surface area contributed by atoms with E-state index in [-0.39, 0.29) is 11.6 Å². The number of para-hydroxylation sites is 1. The van der Waals surface area contributed by atoms with Crippen molar-refractivity contribution in [2.24, 2.45) is 0 Å². The van der Waals surface area contributed by atoms with Crippen LogP contribution in [-0.2, 0) is 16.0 Å². The molecule has 2 aromatic carbocycles. The molecule has 2 N–H and O–H groups in total. The summed E-state index contributed by atoms with van der Waals surface area (Å²) in [7, 11) is 0. The van der Waals surface area contributed by atoms with Gasteiger partial charge in [0.05, 0.1) is 11.6 Å². The number of esters is 1. The lowest BCUT2D eigenvalue weighted by molar-refractivity contribution is -0.124. The zero-order chi connectivity index (χ0) is 20.1. The maximum absolute atomic E-state index is 12.4. The number of pyridine rings is 1. The minimum atomic E-state index is -0.711. The van der Waals surface area contributed by atoms with Crippen molar-refractivity contribution in [1.82, 2.24) is 10.3 Å². The van der Waals surface area contributed by atoms with Gasteiger partial charge >= 0.3 is 5.97 Å². The molecule has 0 bridgehead atoms. The van der Waals surface area contributed by atoms with Gasteiger partial charge in [0.15, 0.2) is 6.61 Å². The number of H-pyrrole nitrogens is 1. The van der Waals surface area contributed by atoms with Gasteiger partial charge in [-0.2, -0.15) is 0 Å². The topological polar surface area (TPSA) is 88.3 Å². The molecule has 1 aromatic heterocycles. The van der Waals surface area contributed by atoms with Crippen molar-refractivity contribution in [3.05, 3.63) is 81.6 Å². The fourth-order valence-corrected chi connectivity index (χ4v) is 2.99. The number of ether oxygens (including phenoxy) is 1. The molecule has 0 spiro atoms. The molecule has 0 saturated carbocycles. The Hall–Kier alpha value is -3.41. The molecular formula is C22H22N2O4. The van der Waals surface area contributed by atoms with Gasteiger partial charge < -0.3 is 15.0 Å². The molecule has 1 amide bonds. The van der Waals surface area contributed by atoms with E-state index in [1.54, 1.807) is 24.3 Å². The predicted molar refractivity (Wildman–Crippen MR) is 107 cm³/mol. The molecule has 6 heteroatoms. The molecular weight excluding hydrogens is 356 g/mol. The van der Waals surface area contributed by atoms with E-state index < -0.39 is 24.0 Å². The quantitative estimate of drug-likeness (QED) is 0.645. The first-order valence-electron chi connectivity index (χ1n) is 9.15. The van der Waals surface area contributed by atoms with Crippen LogP contribution in [0.5, 0.6) is 0 Å². The Bertz CT molecular complexity index is 1050. The number of benzene rings is 2. The average Bonchev–Trinajstić information content (AvgIpc) is 2.71. The first-order valence-corrected chi connectivity index (χ1v) is 9.15. The standard InChI is InChI=1S/C22H22N2O4/c1-3-15-8-10-16(11-9-15)14(2)23-21(26)13-28-22(27)18-12-20(25)24-19-7-5-4-6-17(18)19/h4-12,14H,3,13H2,1-2H3,(H,23,26)(H,24,25)/t14-/m0/s1. The van der Waals surface area contributed by atoms with Crippen LogP contribution in [0.2, 0.25) is 0 Å². The van der Waals surface area contributed by atoms with Crippen LogP contribution in [-0.4, -0.2) is 23.5 Å². The van der Waals surface area contributed by atoms with Crippen LogP contribution in [0.1, 0.15) is 41.4 Å². The van der Waals surface area contributed by atoms with E-state index in [0.717, 1.165) is 12.0 Å². The first kappa shape index (κ1) is 19.4. The Morgan fingerprint density at radius 2 is 1.82 bits per heavy atom. The summed E-state index contributed by atoms with van der Waals surface area (Å²) in [4.78, 5) is 39.0. The molecule has 144 valence electrons. The number of aromatic amines is 1. The molecule has 0 aliphatic heterocycles. The van der Waals surface area contributed by atoms with Gasteiger partial charge in [0.25, 0.3) is 5.91 Å². The van der Waals surface area contributed by atoms with Crippen molar-refractivity contribution in [2.45, 2.75) is 26.3 Å². The molecule has 3 rings (SSSR count). The number of aromatic nitrogens is 1. The van der Waals surface area contributed by atoms with Gasteiger partial charge in [-0.15, -0.1) is 0 Å². The van der Waals surface area contributed by atoms with Crippen molar-refractivity contribution in [3.63, 3.8) is 0 Å². The summed E-state index contributed by atoms with van der Waals surface area (Å²) >= 11 is 0. The largest absolute Gasteiger partial charge is 0.452 e. The number of hydrogen-bond acceptors (Lipinski definition) is 4. The van der Waals surface area contributed by atoms with E-state index in [9.17, 15) is 14.4 Å². The van der Waals surface area contributed by atoms with Crippen molar-refractivity contribution in [1.29, 1.82) is 0 Å². The highest BCUT2D eigenvalue weighted by molar-refractivity contribution is 6.03.